The lowest BCUT2D eigenvalue weighted by Gasteiger charge is -2.27. The zero-order valence-corrected chi connectivity index (χ0v) is 12.4. The minimum Gasteiger partial charge on any atom is -0.383 e. The molecule has 0 spiro atoms. The van der Waals surface area contributed by atoms with E-state index >= 15 is 0 Å². The second kappa shape index (κ2) is 7.84. The van der Waals surface area contributed by atoms with Crippen LogP contribution in [-0.2, 0) is 4.74 Å². The number of rotatable bonds is 7. The molecule has 7 nitrogen and oxygen atoms in total. The van der Waals surface area contributed by atoms with Gasteiger partial charge in [-0.25, -0.2) is 0 Å². The van der Waals surface area contributed by atoms with Crippen LogP contribution in [0.15, 0.2) is 0 Å². The molecule has 20 heavy (non-hydrogen) atoms. The molecule has 0 atom stereocenters. The SMILES string of the molecule is CCNc1nc(NCCOC)nc(N2CCCCC2)n1. The van der Waals surface area contributed by atoms with Crippen molar-refractivity contribution in [3.63, 3.8) is 0 Å². The first-order valence-corrected chi connectivity index (χ1v) is 7.31. The number of nitrogens with zero attached hydrogens (tertiary/aromatic N) is 4. The summed E-state index contributed by atoms with van der Waals surface area (Å²) >= 11 is 0. The van der Waals surface area contributed by atoms with Crippen LogP contribution >= 0.6 is 0 Å². The molecule has 2 rings (SSSR count). The molecule has 0 aromatic carbocycles. The lowest BCUT2D eigenvalue weighted by molar-refractivity contribution is 0.210. The van der Waals surface area contributed by atoms with Crippen LogP contribution in [0.2, 0.25) is 0 Å². The van der Waals surface area contributed by atoms with E-state index in [1.54, 1.807) is 7.11 Å². The second-order valence-electron chi connectivity index (χ2n) is 4.78. The van der Waals surface area contributed by atoms with Crippen LogP contribution in [0.25, 0.3) is 0 Å². The summed E-state index contributed by atoms with van der Waals surface area (Å²) in [6.45, 7) is 6.18. The van der Waals surface area contributed by atoms with E-state index in [-0.39, 0.29) is 0 Å². The topological polar surface area (TPSA) is 75.2 Å². The predicted molar refractivity (Wildman–Crippen MR) is 80.4 cm³/mol. The van der Waals surface area contributed by atoms with Crippen LogP contribution in [0.1, 0.15) is 26.2 Å². The molecule has 112 valence electrons. The molecule has 2 N–H and O–H groups in total. The number of ether oxygens (including phenoxy) is 1. The van der Waals surface area contributed by atoms with E-state index < -0.39 is 0 Å². The van der Waals surface area contributed by atoms with Crippen LogP contribution in [0, 0.1) is 0 Å². The third-order valence-corrected chi connectivity index (χ3v) is 3.19. The quantitative estimate of drug-likeness (QED) is 0.730. The maximum absolute atomic E-state index is 5.03. The summed E-state index contributed by atoms with van der Waals surface area (Å²) in [6.07, 6.45) is 3.70. The van der Waals surface area contributed by atoms with Crippen molar-refractivity contribution in [2.75, 3.05) is 55.4 Å². The molecule has 2 heterocycles. The van der Waals surface area contributed by atoms with Gasteiger partial charge in [0.2, 0.25) is 17.8 Å². The Bertz CT molecular complexity index is 408. The van der Waals surface area contributed by atoms with Crippen LogP contribution in [0.5, 0.6) is 0 Å². The molecule has 1 aromatic rings. The standard InChI is InChI=1S/C13H24N6O/c1-3-14-11-16-12(15-7-10-20-2)18-13(17-11)19-8-5-4-6-9-19/h3-10H2,1-2H3,(H2,14,15,16,17,18). The largest absolute Gasteiger partial charge is 0.383 e. The summed E-state index contributed by atoms with van der Waals surface area (Å²) in [5.74, 6) is 1.99. The average molecular weight is 280 g/mol. The highest BCUT2D eigenvalue weighted by Gasteiger charge is 2.15. The molecule has 0 bridgehead atoms. The zero-order chi connectivity index (χ0) is 14.2. The van der Waals surface area contributed by atoms with Crippen LogP contribution in [0.3, 0.4) is 0 Å². The van der Waals surface area contributed by atoms with Gasteiger partial charge in [0, 0.05) is 33.3 Å². The Hall–Kier alpha value is -1.63. The molecule has 0 radical (unpaired) electrons. The van der Waals surface area contributed by atoms with Gasteiger partial charge in [-0.1, -0.05) is 0 Å². The lowest BCUT2D eigenvalue weighted by atomic mass is 10.1. The molecule has 0 saturated carbocycles. The van der Waals surface area contributed by atoms with Crippen molar-refractivity contribution in [2.45, 2.75) is 26.2 Å². The smallest absolute Gasteiger partial charge is 0.231 e. The summed E-state index contributed by atoms with van der Waals surface area (Å²) in [4.78, 5) is 15.6. The fraction of sp³-hybridized carbons (Fsp3) is 0.769. The first-order chi connectivity index (χ1) is 9.83. The first kappa shape index (κ1) is 14.8. The molecule has 0 aliphatic carbocycles. The number of anilines is 3. The molecule has 1 aromatic heterocycles. The summed E-state index contributed by atoms with van der Waals surface area (Å²) in [5, 5.41) is 6.33. The Morgan fingerprint density at radius 3 is 2.40 bits per heavy atom. The van der Waals surface area contributed by atoms with E-state index in [1.165, 1.54) is 19.3 Å². The second-order valence-corrected chi connectivity index (χ2v) is 4.78. The molecule has 0 unspecified atom stereocenters. The van der Waals surface area contributed by atoms with Crippen molar-refractivity contribution in [1.29, 1.82) is 0 Å². The molecule has 0 amide bonds. The monoisotopic (exact) mass is 280 g/mol. The fourth-order valence-electron chi connectivity index (χ4n) is 2.18. The van der Waals surface area contributed by atoms with Crippen LogP contribution < -0.4 is 15.5 Å². The summed E-state index contributed by atoms with van der Waals surface area (Å²) < 4.78 is 5.03. The average Bonchev–Trinajstić information content (AvgIpc) is 2.49. The van der Waals surface area contributed by atoms with Gasteiger partial charge in [-0.15, -0.1) is 0 Å². The molecular formula is C13H24N6O. The maximum atomic E-state index is 5.03. The van der Waals surface area contributed by atoms with Gasteiger partial charge in [-0.05, 0) is 26.2 Å². The predicted octanol–water partition coefficient (Wildman–Crippen LogP) is 1.35. The number of aromatic nitrogens is 3. The van der Waals surface area contributed by atoms with Gasteiger partial charge in [-0.3, -0.25) is 0 Å². The third kappa shape index (κ3) is 4.19. The lowest BCUT2D eigenvalue weighted by Crippen LogP contribution is -2.31. The van der Waals surface area contributed by atoms with Crippen molar-refractivity contribution in [3.05, 3.63) is 0 Å². The van der Waals surface area contributed by atoms with Crippen molar-refractivity contribution in [2.24, 2.45) is 0 Å². The molecule has 1 aliphatic rings. The Kier molecular flexibility index (Phi) is 5.79. The van der Waals surface area contributed by atoms with Crippen molar-refractivity contribution < 1.29 is 4.74 Å². The van der Waals surface area contributed by atoms with Crippen molar-refractivity contribution in [3.8, 4) is 0 Å². The van der Waals surface area contributed by atoms with Gasteiger partial charge in [0.05, 0.1) is 6.61 Å². The normalized spacial score (nSPS) is 15.2. The summed E-state index contributed by atoms with van der Waals surface area (Å²) in [6, 6.07) is 0. The number of hydrogen-bond donors (Lipinski definition) is 2. The van der Waals surface area contributed by atoms with Gasteiger partial charge >= 0.3 is 0 Å². The Morgan fingerprint density at radius 1 is 1.05 bits per heavy atom. The molecule has 7 heteroatoms. The number of hydrogen-bond acceptors (Lipinski definition) is 7. The van der Waals surface area contributed by atoms with Crippen molar-refractivity contribution >= 4 is 17.8 Å². The number of methoxy groups -OCH3 is 1. The highest BCUT2D eigenvalue weighted by Crippen LogP contribution is 2.18. The van der Waals surface area contributed by atoms with E-state index in [4.69, 9.17) is 4.74 Å². The number of piperidine rings is 1. The third-order valence-electron chi connectivity index (χ3n) is 3.19. The summed E-state index contributed by atoms with van der Waals surface area (Å²) in [5.41, 5.74) is 0. The molecular weight excluding hydrogens is 256 g/mol. The van der Waals surface area contributed by atoms with E-state index in [0.717, 1.165) is 25.6 Å². The van der Waals surface area contributed by atoms with Crippen LogP contribution in [-0.4, -0.2) is 54.8 Å². The zero-order valence-electron chi connectivity index (χ0n) is 12.4. The van der Waals surface area contributed by atoms with E-state index in [2.05, 4.69) is 30.5 Å². The van der Waals surface area contributed by atoms with Crippen LogP contribution in [0.4, 0.5) is 17.8 Å². The molecule has 1 fully saturated rings. The van der Waals surface area contributed by atoms with E-state index in [0.29, 0.717) is 25.0 Å². The Morgan fingerprint density at radius 2 is 1.75 bits per heavy atom. The Labute approximate surface area is 120 Å². The van der Waals surface area contributed by atoms with E-state index in [9.17, 15) is 0 Å². The Balaban J connectivity index is 2.11. The van der Waals surface area contributed by atoms with Gasteiger partial charge in [0.1, 0.15) is 0 Å². The highest BCUT2D eigenvalue weighted by atomic mass is 16.5. The minimum absolute atomic E-state index is 0.605. The van der Waals surface area contributed by atoms with Gasteiger partial charge in [0.15, 0.2) is 0 Å². The maximum Gasteiger partial charge on any atom is 0.231 e. The van der Waals surface area contributed by atoms with Gasteiger partial charge < -0.3 is 20.3 Å². The molecule has 1 saturated heterocycles. The number of nitrogens with one attached hydrogen (secondary N) is 2. The first-order valence-electron chi connectivity index (χ1n) is 7.31. The van der Waals surface area contributed by atoms with Gasteiger partial charge in [-0.2, -0.15) is 15.0 Å². The van der Waals surface area contributed by atoms with Crippen molar-refractivity contribution in [1.82, 2.24) is 15.0 Å². The van der Waals surface area contributed by atoms with Gasteiger partial charge in [0.25, 0.3) is 0 Å². The highest BCUT2D eigenvalue weighted by molar-refractivity contribution is 5.44. The summed E-state index contributed by atoms with van der Waals surface area (Å²) in [7, 11) is 1.68. The fourth-order valence-corrected chi connectivity index (χ4v) is 2.18. The minimum atomic E-state index is 0.605. The van der Waals surface area contributed by atoms with E-state index in [1.807, 2.05) is 6.92 Å². The molecule has 1 aliphatic heterocycles.